The van der Waals surface area contributed by atoms with E-state index in [-0.39, 0.29) is 52.7 Å². The molecule has 0 saturated heterocycles. The molecule has 3 aromatic rings. The summed E-state index contributed by atoms with van der Waals surface area (Å²) in [6, 6.07) is 9.15. The molecule has 3 rings (SSSR count). The molecule has 139 valence electrons. The van der Waals surface area contributed by atoms with Gasteiger partial charge >= 0.3 is 0 Å². The Hall–Kier alpha value is -0.806. The zero-order valence-corrected chi connectivity index (χ0v) is 20.0. The van der Waals surface area contributed by atoms with Crippen LogP contribution >= 0.6 is 23.2 Å². The van der Waals surface area contributed by atoms with Gasteiger partial charge in [-0.05, 0) is 43.4 Å². The molecule has 0 atom stereocenters. The quantitative estimate of drug-likeness (QED) is 0.271. The van der Waals surface area contributed by atoms with Crippen LogP contribution in [0.15, 0.2) is 53.0 Å². The van der Waals surface area contributed by atoms with Gasteiger partial charge in [0, 0.05) is 62.5 Å². The van der Waals surface area contributed by atoms with Crippen molar-refractivity contribution in [1.82, 2.24) is 4.98 Å². The van der Waals surface area contributed by atoms with Crippen molar-refractivity contribution in [3.63, 3.8) is 0 Å². The number of oxazole rings is 1. The first-order chi connectivity index (χ1) is 12.3. The standard InChI is InChI=1S/C10H6ClFNO.C10H10ClF.Pr/c1-6-10(14-5-13-6)9-7(11)3-2-4-8(9)12;1-7(2)6-8-9(11)4-3-5-10(8)12;/h2-4H,1H3;3-5H,1,6H2,2H3;/q-1;;. The maximum absolute atomic E-state index is 13.4. The molecule has 0 aliphatic rings. The summed E-state index contributed by atoms with van der Waals surface area (Å²) < 4.78 is 31.4. The summed E-state index contributed by atoms with van der Waals surface area (Å²) >= 11 is 11.6. The molecule has 0 amide bonds. The monoisotopic (exact) mass is 535 g/mol. The SMILES string of the molecule is C=C(C)Cc1c(F)cccc1Cl.Cc1n[c-]oc1-c1c(F)cccc1Cl.[Pr]. The minimum Gasteiger partial charge on any atom is -0.573 e. The summed E-state index contributed by atoms with van der Waals surface area (Å²) in [7, 11) is 0. The van der Waals surface area contributed by atoms with Gasteiger partial charge in [0.25, 0.3) is 0 Å². The number of aryl methyl sites for hydroxylation is 1. The van der Waals surface area contributed by atoms with Gasteiger partial charge in [0.15, 0.2) is 0 Å². The predicted octanol–water partition coefficient (Wildman–Crippen LogP) is 6.84. The van der Waals surface area contributed by atoms with Crippen LogP contribution in [0.25, 0.3) is 11.3 Å². The second-order valence-corrected chi connectivity index (χ2v) is 6.46. The van der Waals surface area contributed by atoms with Crippen molar-refractivity contribution in [2.24, 2.45) is 0 Å². The third kappa shape index (κ3) is 6.64. The molecule has 0 bridgehead atoms. The summed E-state index contributed by atoms with van der Waals surface area (Å²) in [5.41, 5.74) is 2.24. The minimum absolute atomic E-state index is 0. The number of benzene rings is 2. The van der Waals surface area contributed by atoms with Crippen molar-refractivity contribution in [3.8, 4) is 11.3 Å². The van der Waals surface area contributed by atoms with E-state index in [9.17, 15) is 8.78 Å². The van der Waals surface area contributed by atoms with E-state index in [1.54, 1.807) is 25.1 Å². The fourth-order valence-electron chi connectivity index (χ4n) is 2.21. The molecule has 0 fully saturated rings. The Kier molecular flexibility index (Phi) is 10.1. The Bertz CT molecular complexity index is 888. The smallest absolute Gasteiger partial charge is 0.128 e. The Labute approximate surface area is 200 Å². The first kappa shape index (κ1) is 24.2. The number of aromatic nitrogens is 1. The summed E-state index contributed by atoms with van der Waals surface area (Å²) in [6.45, 7) is 7.26. The van der Waals surface area contributed by atoms with Crippen LogP contribution in [0.1, 0.15) is 18.2 Å². The summed E-state index contributed by atoms with van der Waals surface area (Å²) in [5, 5.41) is 0.774. The van der Waals surface area contributed by atoms with Crippen molar-refractivity contribution in [2.75, 3.05) is 0 Å². The number of hydrogen-bond donors (Lipinski definition) is 0. The largest absolute Gasteiger partial charge is 0.573 e. The first-order valence-electron chi connectivity index (χ1n) is 7.66. The van der Waals surface area contributed by atoms with Crippen LogP contribution in [-0.2, 0) is 6.42 Å². The summed E-state index contributed by atoms with van der Waals surface area (Å²) in [4.78, 5) is 3.76. The van der Waals surface area contributed by atoms with E-state index < -0.39 is 5.82 Å². The van der Waals surface area contributed by atoms with Crippen LogP contribution in [0, 0.1) is 66.2 Å². The van der Waals surface area contributed by atoms with Gasteiger partial charge in [-0.25, -0.2) is 8.78 Å². The minimum atomic E-state index is -0.425. The molecule has 7 heteroatoms. The fraction of sp³-hybridized carbons (Fsp3) is 0.150. The van der Waals surface area contributed by atoms with Gasteiger partial charge in [-0.1, -0.05) is 60.1 Å². The molecule has 1 aromatic heterocycles. The molecule has 2 nitrogen and oxygen atoms in total. The number of allylic oxidation sites excluding steroid dienone is 1. The van der Waals surface area contributed by atoms with E-state index in [2.05, 4.69) is 18.0 Å². The van der Waals surface area contributed by atoms with Crippen LogP contribution in [-0.4, -0.2) is 4.98 Å². The third-order valence-corrected chi connectivity index (χ3v) is 4.09. The van der Waals surface area contributed by atoms with E-state index in [0.29, 0.717) is 33.5 Å². The van der Waals surface area contributed by atoms with Crippen molar-refractivity contribution in [2.45, 2.75) is 20.3 Å². The summed E-state index contributed by atoms with van der Waals surface area (Å²) in [6.07, 6.45) is 2.81. The fourth-order valence-corrected chi connectivity index (χ4v) is 2.69. The zero-order chi connectivity index (χ0) is 19.3. The van der Waals surface area contributed by atoms with Crippen molar-refractivity contribution >= 4 is 23.2 Å². The second-order valence-electron chi connectivity index (χ2n) is 5.65. The Morgan fingerprint density at radius 3 is 2.19 bits per heavy atom. The van der Waals surface area contributed by atoms with Crippen LogP contribution in [0.3, 0.4) is 0 Å². The maximum atomic E-state index is 13.4. The van der Waals surface area contributed by atoms with E-state index in [1.165, 1.54) is 18.2 Å². The molecule has 0 aliphatic carbocycles. The van der Waals surface area contributed by atoms with Crippen molar-refractivity contribution in [1.29, 1.82) is 0 Å². The number of nitrogens with zero attached hydrogens (tertiary/aromatic N) is 1. The average molecular weight is 536 g/mol. The molecule has 27 heavy (non-hydrogen) atoms. The summed E-state index contributed by atoms with van der Waals surface area (Å²) in [5.74, 6) is -0.357. The molecule has 0 N–H and O–H groups in total. The number of rotatable bonds is 3. The molecule has 1 heterocycles. The third-order valence-electron chi connectivity index (χ3n) is 3.42. The molecular weight excluding hydrogens is 520 g/mol. The normalized spacial score (nSPS) is 9.85. The maximum Gasteiger partial charge on any atom is 0.128 e. The second kappa shape index (κ2) is 11.3. The van der Waals surface area contributed by atoms with Gasteiger partial charge < -0.3 is 9.40 Å². The van der Waals surface area contributed by atoms with Gasteiger partial charge in [-0.3, -0.25) is 0 Å². The molecule has 0 aliphatic heterocycles. The van der Waals surface area contributed by atoms with Crippen LogP contribution < -0.4 is 0 Å². The average Bonchev–Trinajstić information content (AvgIpc) is 2.97. The van der Waals surface area contributed by atoms with E-state index in [0.717, 1.165) is 5.57 Å². The van der Waals surface area contributed by atoms with Crippen LogP contribution in [0.2, 0.25) is 10.0 Å². The van der Waals surface area contributed by atoms with E-state index in [1.807, 2.05) is 6.92 Å². The van der Waals surface area contributed by atoms with Gasteiger partial charge in [0.05, 0.1) is 0 Å². The topological polar surface area (TPSA) is 26.0 Å². The number of hydrogen-bond acceptors (Lipinski definition) is 2. The van der Waals surface area contributed by atoms with Gasteiger partial charge in [0.2, 0.25) is 0 Å². The van der Waals surface area contributed by atoms with E-state index in [4.69, 9.17) is 27.6 Å². The predicted molar refractivity (Wildman–Crippen MR) is 100 cm³/mol. The molecule has 0 unspecified atom stereocenters. The molecule has 0 saturated carbocycles. The van der Waals surface area contributed by atoms with E-state index >= 15 is 0 Å². The zero-order valence-electron chi connectivity index (χ0n) is 14.8. The van der Waals surface area contributed by atoms with Crippen molar-refractivity contribution in [3.05, 3.63) is 87.9 Å². The van der Waals surface area contributed by atoms with Crippen LogP contribution in [0.4, 0.5) is 8.78 Å². The molecule has 1 radical (unpaired) electrons. The van der Waals surface area contributed by atoms with Gasteiger partial charge in [-0.15, -0.1) is 0 Å². The Morgan fingerprint density at radius 2 is 1.70 bits per heavy atom. The van der Waals surface area contributed by atoms with Gasteiger partial charge in [0.1, 0.15) is 18.0 Å². The number of halogens is 4. The molecular formula is C20H16Cl2F2NOPr-. The van der Waals surface area contributed by atoms with Crippen molar-refractivity contribution < 1.29 is 54.5 Å². The van der Waals surface area contributed by atoms with Crippen LogP contribution in [0.5, 0.6) is 0 Å². The Balaban J connectivity index is 0.000000264. The van der Waals surface area contributed by atoms with Gasteiger partial charge in [-0.2, -0.15) is 0 Å². The molecule has 0 spiro atoms. The Morgan fingerprint density at radius 1 is 1.11 bits per heavy atom. The molecule has 2 aromatic carbocycles. The first-order valence-corrected chi connectivity index (χ1v) is 8.42.